The Morgan fingerprint density at radius 3 is 1.06 bits per heavy atom. The highest BCUT2D eigenvalue weighted by atomic mass is 35.5. The van der Waals surface area contributed by atoms with E-state index in [1.807, 2.05) is 97.1 Å². The molecule has 20 rings (SSSR count). The van der Waals surface area contributed by atoms with E-state index in [1.54, 1.807) is 0 Å². The van der Waals surface area contributed by atoms with Gasteiger partial charge in [-0.1, -0.05) is 311 Å². The highest BCUT2D eigenvalue weighted by molar-refractivity contribution is 6.41. The summed E-state index contributed by atoms with van der Waals surface area (Å²) in [6, 6.07) is 110. The number of hydrogen-bond donors (Lipinski definition) is 1. The lowest BCUT2D eigenvalue weighted by Gasteiger charge is -2.14. The lowest BCUT2D eigenvalue weighted by Crippen LogP contribution is -2.06. The molecule has 0 atom stereocenters. The molecular weight excluding hydrogens is 1190 g/mol. The van der Waals surface area contributed by atoms with Crippen molar-refractivity contribution in [3.05, 3.63) is 321 Å². The standard InChI is InChI=1S/C43H26N4.C28H17N.C15H10ClN3.CH4/c1-3-15-29(16-4-1)41-44-42(30-17-5-2-6-18-30)46-43(45-41)47-36-26-24-28-14-8-10-20-32(28)38(36)39-37-31-19-9-7-13-27(31)23-25-34(37)33-21-11-12-22-35(33)40(39)47;1-3-9-19-17(7-1)13-15-22-21-11-5-6-12-23(21)28-27(25(19)22)26-20-10-4-2-8-18(20)14-16-24(26)29-28;16-15-18-13(11-7-3-1-4-8-11)17-14(19-15)12-9-5-2-6-10-12;/h1-26H;1-16,29H;1-10H;1H4. The number of fused-ring (bicyclic) bond motifs is 24. The first-order valence-electron chi connectivity index (χ1n) is 31.8. The predicted octanol–water partition coefficient (Wildman–Crippen LogP) is 23.3. The van der Waals surface area contributed by atoms with Gasteiger partial charge in [0.15, 0.2) is 23.3 Å². The van der Waals surface area contributed by atoms with Gasteiger partial charge in [0.25, 0.3) is 0 Å². The van der Waals surface area contributed by atoms with E-state index in [2.05, 4.69) is 243 Å². The zero-order valence-electron chi connectivity index (χ0n) is 51.0. The van der Waals surface area contributed by atoms with E-state index in [1.165, 1.54) is 113 Å². The molecule has 4 heterocycles. The third-order valence-corrected chi connectivity index (χ3v) is 18.6. The number of H-pyrrole nitrogens is 1. The van der Waals surface area contributed by atoms with Gasteiger partial charge < -0.3 is 4.98 Å². The van der Waals surface area contributed by atoms with Crippen molar-refractivity contribution in [3.8, 4) is 51.5 Å². The van der Waals surface area contributed by atoms with Gasteiger partial charge in [0.2, 0.25) is 11.2 Å². The summed E-state index contributed by atoms with van der Waals surface area (Å²) in [6.07, 6.45) is 0. The molecule has 0 fully saturated rings. The van der Waals surface area contributed by atoms with E-state index >= 15 is 0 Å². The van der Waals surface area contributed by atoms with Gasteiger partial charge in [0.05, 0.1) is 16.6 Å². The molecule has 20 aromatic rings. The number of rotatable bonds is 5. The van der Waals surface area contributed by atoms with E-state index in [9.17, 15) is 0 Å². The Morgan fingerprint density at radius 1 is 0.250 bits per heavy atom. The molecule has 0 unspecified atom stereocenters. The minimum Gasteiger partial charge on any atom is -0.354 e. The molecule has 16 aromatic carbocycles. The zero-order valence-corrected chi connectivity index (χ0v) is 51.8. The van der Waals surface area contributed by atoms with Crippen molar-refractivity contribution in [2.75, 3.05) is 0 Å². The Balaban J connectivity index is 0.000000121. The summed E-state index contributed by atoms with van der Waals surface area (Å²) in [5, 5.41) is 25.4. The average Bonchev–Trinajstić information content (AvgIpc) is 1.53. The zero-order chi connectivity index (χ0) is 62.9. The fourth-order valence-corrected chi connectivity index (χ4v) is 14.4. The number of aromatic nitrogens is 8. The summed E-state index contributed by atoms with van der Waals surface area (Å²) >= 11 is 5.99. The van der Waals surface area contributed by atoms with Crippen LogP contribution in [0.25, 0.3) is 181 Å². The highest BCUT2D eigenvalue weighted by Crippen LogP contribution is 2.48. The fraction of sp³-hybridized carbons (Fsp3) is 0.0115. The quantitative estimate of drug-likeness (QED) is 0.172. The molecule has 0 amide bonds. The lowest BCUT2D eigenvalue weighted by molar-refractivity contribution is 0.955. The molecule has 8 nitrogen and oxygen atoms in total. The monoisotopic (exact) mass is 1250 g/mol. The maximum Gasteiger partial charge on any atom is 0.238 e. The van der Waals surface area contributed by atoms with Crippen LogP contribution in [0.2, 0.25) is 5.28 Å². The van der Waals surface area contributed by atoms with Gasteiger partial charge in [0.1, 0.15) is 0 Å². The SMILES string of the molecule is C.Clc1nc(-c2ccccc2)nc(-c2ccccc2)n1.c1ccc(-c2nc(-c3ccccc3)nc(-n3c4ccc5ccccc5c4c4c5c6ccccc6ccc5c5ccccc5c43)n2)cc1.c1ccc2c(c1)ccc1[nH]c3c4ccccc4c4ccc5ccccc5c4c3c12. The molecule has 0 radical (unpaired) electrons. The number of nitrogens with one attached hydrogen (secondary N) is 1. The van der Waals surface area contributed by atoms with Crippen molar-refractivity contribution in [1.29, 1.82) is 0 Å². The van der Waals surface area contributed by atoms with Gasteiger partial charge in [0, 0.05) is 70.9 Å². The molecule has 0 spiro atoms. The molecule has 0 saturated carbocycles. The van der Waals surface area contributed by atoms with Crippen LogP contribution in [0.5, 0.6) is 0 Å². The Kier molecular flexibility index (Phi) is 14.3. The molecule has 4 aromatic heterocycles. The van der Waals surface area contributed by atoms with E-state index < -0.39 is 0 Å². The van der Waals surface area contributed by atoms with Crippen LogP contribution < -0.4 is 0 Å². The smallest absolute Gasteiger partial charge is 0.238 e. The Morgan fingerprint density at radius 2 is 0.594 bits per heavy atom. The van der Waals surface area contributed by atoms with Crippen LogP contribution in [0, 0.1) is 0 Å². The number of aromatic amines is 1. The maximum absolute atomic E-state index is 5.99. The van der Waals surface area contributed by atoms with Gasteiger partial charge in [-0.2, -0.15) is 19.9 Å². The van der Waals surface area contributed by atoms with E-state index in [4.69, 9.17) is 26.6 Å². The van der Waals surface area contributed by atoms with Gasteiger partial charge in [-0.3, -0.25) is 4.57 Å². The highest BCUT2D eigenvalue weighted by Gasteiger charge is 2.25. The minimum absolute atomic E-state index is 0. The van der Waals surface area contributed by atoms with E-state index in [0.29, 0.717) is 29.2 Å². The average molecular weight is 1250 g/mol. The van der Waals surface area contributed by atoms with Crippen molar-refractivity contribution < 1.29 is 0 Å². The van der Waals surface area contributed by atoms with E-state index in [-0.39, 0.29) is 12.7 Å². The second kappa shape index (κ2) is 23.9. The second-order valence-corrected chi connectivity index (χ2v) is 24.2. The summed E-state index contributed by atoms with van der Waals surface area (Å²) in [4.78, 5) is 32.1. The third kappa shape index (κ3) is 9.69. The molecule has 0 saturated heterocycles. The molecule has 0 aliphatic heterocycles. The molecule has 1 N–H and O–H groups in total. The van der Waals surface area contributed by atoms with Crippen molar-refractivity contribution >= 4 is 141 Å². The predicted molar refractivity (Wildman–Crippen MR) is 403 cm³/mol. The molecule has 0 aliphatic carbocycles. The van der Waals surface area contributed by atoms with Gasteiger partial charge in [-0.05, 0) is 88.4 Å². The minimum atomic E-state index is 0. The first-order valence-corrected chi connectivity index (χ1v) is 32.2. The fourth-order valence-electron chi connectivity index (χ4n) is 14.3. The summed E-state index contributed by atoms with van der Waals surface area (Å²) in [5.74, 6) is 3.04. The van der Waals surface area contributed by atoms with Gasteiger partial charge >= 0.3 is 0 Å². The van der Waals surface area contributed by atoms with Crippen molar-refractivity contribution in [1.82, 2.24) is 39.5 Å². The third-order valence-electron chi connectivity index (χ3n) is 18.4. The number of benzene rings is 16. The summed E-state index contributed by atoms with van der Waals surface area (Å²) in [6.45, 7) is 0. The normalized spacial score (nSPS) is 11.5. The molecule has 0 aliphatic rings. The Bertz CT molecular complexity index is 6300. The lowest BCUT2D eigenvalue weighted by atomic mass is 9.92. The van der Waals surface area contributed by atoms with Crippen LogP contribution in [0.15, 0.2) is 315 Å². The second-order valence-electron chi connectivity index (χ2n) is 23.8. The Labute approximate surface area is 557 Å². The van der Waals surface area contributed by atoms with Crippen LogP contribution in [-0.2, 0) is 0 Å². The maximum atomic E-state index is 5.99. The molecule has 96 heavy (non-hydrogen) atoms. The van der Waals surface area contributed by atoms with Crippen molar-refractivity contribution in [2.45, 2.75) is 7.43 Å². The summed E-state index contributed by atoms with van der Waals surface area (Å²) in [5.41, 5.74) is 8.32. The number of halogens is 1. The topological polar surface area (TPSA) is 98.1 Å². The summed E-state index contributed by atoms with van der Waals surface area (Å²) in [7, 11) is 0. The van der Waals surface area contributed by atoms with Crippen LogP contribution in [0.4, 0.5) is 0 Å². The number of hydrogen-bond acceptors (Lipinski definition) is 6. The van der Waals surface area contributed by atoms with Gasteiger partial charge in [-0.25, -0.2) is 9.97 Å². The van der Waals surface area contributed by atoms with E-state index in [0.717, 1.165) is 38.7 Å². The number of nitrogens with zero attached hydrogens (tertiary/aromatic N) is 7. The molecule has 452 valence electrons. The van der Waals surface area contributed by atoms with Crippen LogP contribution in [0.1, 0.15) is 7.43 Å². The van der Waals surface area contributed by atoms with Gasteiger partial charge in [-0.15, -0.1) is 0 Å². The Hall–Kier alpha value is -12.5. The molecule has 0 bridgehead atoms. The van der Waals surface area contributed by atoms with Crippen LogP contribution >= 0.6 is 11.6 Å². The largest absolute Gasteiger partial charge is 0.354 e. The first kappa shape index (κ1) is 57.4. The van der Waals surface area contributed by atoms with Crippen LogP contribution in [-0.4, -0.2) is 39.5 Å². The van der Waals surface area contributed by atoms with Crippen molar-refractivity contribution in [3.63, 3.8) is 0 Å². The molecule has 9 heteroatoms. The van der Waals surface area contributed by atoms with Crippen molar-refractivity contribution in [2.24, 2.45) is 0 Å². The van der Waals surface area contributed by atoms with Crippen LogP contribution in [0.3, 0.4) is 0 Å². The summed E-state index contributed by atoms with van der Waals surface area (Å²) < 4.78 is 2.28. The first-order chi connectivity index (χ1) is 47.1. The molecular formula is C87H57ClN8.